The molecule has 2 unspecified atom stereocenters. The van der Waals surface area contributed by atoms with E-state index >= 15 is 0 Å². The zero-order valence-corrected chi connectivity index (χ0v) is 11.9. The maximum absolute atomic E-state index is 5.44. The number of nitrogens with one attached hydrogen (secondary N) is 1. The average Bonchev–Trinajstić information content (AvgIpc) is 2.75. The van der Waals surface area contributed by atoms with Gasteiger partial charge in [-0.05, 0) is 39.0 Å². The van der Waals surface area contributed by atoms with Crippen LogP contribution < -0.4 is 10.1 Å². The molecule has 3 heteroatoms. The summed E-state index contributed by atoms with van der Waals surface area (Å²) in [4.78, 5) is 4.52. The Hall–Kier alpha value is -1.09. The first-order valence-electron chi connectivity index (χ1n) is 6.84. The largest absolute Gasteiger partial charge is 0.496 e. The summed E-state index contributed by atoms with van der Waals surface area (Å²) in [6.45, 7) is 7.31. The number of hydrogen-bond donors (Lipinski definition) is 1. The Labute approximate surface area is 110 Å². The fourth-order valence-electron chi connectivity index (χ4n) is 2.88. The summed E-state index contributed by atoms with van der Waals surface area (Å²) >= 11 is 0. The van der Waals surface area contributed by atoms with Gasteiger partial charge in [0.25, 0.3) is 0 Å². The van der Waals surface area contributed by atoms with Gasteiger partial charge in [-0.1, -0.05) is 6.92 Å². The Morgan fingerprint density at radius 3 is 2.78 bits per heavy atom. The van der Waals surface area contributed by atoms with Crippen molar-refractivity contribution in [1.29, 1.82) is 0 Å². The number of methoxy groups -OCH3 is 1. The van der Waals surface area contributed by atoms with E-state index in [0.29, 0.717) is 6.04 Å². The van der Waals surface area contributed by atoms with Crippen molar-refractivity contribution >= 4 is 0 Å². The average molecular weight is 248 g/mol. The maximum atomic E-state index is 5.44. The molecule has 0 bridgehead atoms. The normalized spacial score (nSPS) is 23.3. The molecule has 1 saturated carbocycles. The summed E-state index contributed by atoms with van der Waals surface area (Å²) in [6.07, 6.45) is 5.84. The predicted molar refractivity (Wildman–Crippen MR) is 73.9 cm³/mol. The van der Waals surface area contributed by atoms with Crippen molar-refractivity contribution in [2.24, 2.45) is 5.92 Å². The topological polar surface area (TPSA) is 34.1 Å². The minimum atomic E-state index is 0.661. The lowest BCUT2D eigenvalue weighted by Gasteiger charge is -2.15. The van der Waals surface area contributed by atoms with Gasteiger partial charge in [-0.2, -0.15) is 0 Å². The van der Waals surface area contributed by atoms with Crippen LogP contribution in [0.3, 0.4) is 0 Å². The van der Waals surface area contributed by atoms with Crippen molar-refractivity contribution in [3.8, 4) is 5.75 Å². The van der Waals surface area contributed by atoms with Gasteiger partial charge in [0, 0.05) is 29.9 Å². The number of aryl methyl sites for hydroxylation is 1. The van der Waals surface area contributed by atoms with Crippen LogP contribution in [-0.4, -0.2) is 18.1 Å². The first-order valence-corrected chi connectivity index (χ1v) is 6.84. The van der Waals surface area contributed by atoms with Crippen molar-refractivity contribution < 1.29 is 4.74 Å². The third kappa shape index (κ3) is 2.83. The molecule has 1 aliphatic rings. The molecule has 3 nitrogen and oxygen atoms in total. The molecule has 100 valence electrons. The van der Waals surface area contributed by atoms with E-state index in [9.17, 15) is 0 Å². The molecule has 0 spiro atoms. The number of hydrogen-bond acceptors (Lipinski definition) is 3. The van der Waals surface area contributed by atoms with Crippen LogP contribution in [0.15, 0.2) is 6.20 Å². The van der Waals surface area contributed by atoms with Crippen molar-refractivity contribution in [2.75, 3.05) is 7.11 Å². The van der Waals surface area contributed by atoms with Gasteiger partial charge in [-0.25, -0.2) is 0 Å². The van der Waals surface area contributed by atoms with E-state index in [4.69, 9.17) is 4.74 Å². The number of ether oxygens (including phenoxy) is 1. The number of rotatable bonds is 4. The second kappa shape index (κ2) is 5.70. The van der Waals surface area contributed by atoms with Crippen LogP contribution in [0, 0.1) is 19.8 Å². The van der Waals surface area contributed by atoms with E-state index in [1.165, 1.54) is 19.3 Å². The Morgan fingerprint density at radius 2 is 2.17 bits per heavy atom. The number of aromatic nitrogens is 1. The molecule has 1 aromatic rings. The third-order valence-corrected chi connectivity index (χ3v) is 4.00. The highest BCUT2D eigenvalue weighted by Gasteiger charge is 2.21. The molecular formula is C15H24N2O. The van der Waals surface area contributed by atoms with Crippen molar-refractivity contribution in [2.45, 2.75) is 52.6 Å². The zero-order chi connectivity index (χ0) is 13.1. The third-order valence-electron chi connectivity index (χ3n) is 4.00. The van der Waals surface area contributed by atoms with Gasteiger partial charge in [0.1, 0.15) is 5.75 Å². The molecule has 2 rings (SSSR count). The van der Waals surface area contributed by atoms with Crippen molar-refractivity contribution in [3.05, 3.63) is 23.0 Å². The Bertz CT molecular complexity index is 417. The highest BCUT2D eigenvalue weighted by atomic mass is 16.5. The SMILES string of the molecule is COc1c(C)cnc(CNC2CCC(C)C2)c1C. The fourth-order valence-corrected chi connectivity index (χ4v) is 2.88. The maximum Gasteiger partial charge on any atom is 0.128 e. The van der Waals surface area contributed by atoms with E-state index in [1.54, 1.807) is 7.11 Å². The molecule has 1 aromatic heterocycles. The van der Waals surface area contributed by atoms with Gasteiger partial charge in [-0.3, -0.25) is 4.98 Å². The highest BCUT2D eigenvalue weighted by Crippen LogP contribution is 2.26. The van der Waals surface area contributed by atoms with E-state index in [0.717, 1.165) is 35.0 Å². The lowest BCUT2D eigenvalue weighted by atomic mass is 10.1. The number of pyridine rings is 1. The fraction of sp³-hybridized carbons (Fsp3) is 0.667. The lowest BCUT2D eigenvalue weighted by Crippen LogP contribution is -2.26. The smallest absolute Gasteiger partial charge is 0.128 e. The summed E-state index contributed by atoms with van der Waals surface area (Å²) < 4.78 is 5.44. The van der Waals surface area contributed by atoms with Gasteiger partial charge in [-0.15, -0.1) is 0 Å². The van der Waals surface area contributed by atoms with Gasteiger partial charge in [0.2, 0.25) is 0 Å². The lowest BCUT2D eigenvalue weighted by molar-refractivity contribution is 0.405. The quantitative estimate of drug-likeness (QED) is 0.889. The minimum absolute atomic E-state index is 0.661. The minimum Gasteiger partial charge on any atom is -0.496 e. The molecular weight excluding hydrogens is 224 g/mol. The van der Waals surface area contributed by atoms with Crippen LogP contribution in [-0.2, 0) is 6.54 Å². The standard InChI is InChI=1S/C15H24N2O/c1-10-5-6-13(7-10)16-9-14-12(3)15(18-4)11(2)8-17-14/h8,10,13,16H,5-7,9H2,1-4H3. The van der Waals surface area contributed by atoms with Crippen LogP contribution in [0.1, 0.15) is 43.0 Å². The van der Waals surface area contributed by atoms with Crippen LogP contribution in [0.25, 0.3) is 0 Å². The highest BCUT2D eigenvalue weighted by molar-refractivity contribution is 5.40. The Kier molecular flexibility index (Phi) is 4.23. The molecule has 1 heterocycles. The molecule has 18 heavy (non-hydrogen) atoms. The molecule has 1 fully saturated rings. The summed E-state index contributed by atoms with van der Waals surface area (Å²) in [5.41, 5.74) is 3.38. The Morgan fingerprint density at radius 1 is 1.39 bits per heavy atom. The molecule has 1 aliphatic carbocycles. The Balaban J connectivity index is 2.01. The molecule has 0 radical (unpaired) electrons. The molecule has 0 aliphatic heterocycles. The van der Waals surface area contributed by atoms with Crippen LogP contribution in [0.2, 0.25) is 0 Å². The second-order valence-electron chi connectivity index (χ2n) is 5.54. The van der Waals surface area contributed by atoms with Crippen LogP contribution in [0.4, 0.5) is 0 Å². The summed E-state index contributed by atoms with van der Waals surface area (Å²) in [6, 6.07) is 0.661. The van der Waals surface area contributed by atoms with Gasteiger partial charge >= 0.3 is 0 Å². The van der Waals surface area contributed by atoms with Gasteiger partial charge in [0.05, 0.1) is 12.8 Å². The molecule has 0 amide bonds. The predicted octanol–water partition coefficient (Wildman–Crippen LogP) is 2.99. The first kappa shape index (κ1) is 13.3. The number of nitrogens with zero attached hydrogens (tertiary/aromatic N) is 1. The molecule has 1 N–H and O–H groups in total. The van der Waals surface area contributed by atoms with Crippen LogP contribution in [0.5, 0.6) is 5.75 Å². The van der Waals surface area contributed by atoms with Gasteiger partial charge in [0.15, 0.2) is 0 Å². The second-order valence-corrected chi connectivity index (χ2v) is 5.54. The summed E-state index contributed by atoms with van der Waals surface area (Å²) in [5, 5.41) is 3.62. The van der Waals surface area contributed by atoms with Crippen molar-refractivity contribution in [1.82, 2.24) is 10.3 Å². The molecule has 2 atom stereocenters. The van der Waals surface area contributed by atoms with Crippen molar-refractivity contribution in [3.63, 3.8) is 0 Å². The van der Waals surface area contributed by atoms with Gasteiger partial charge < -0.3 is 10.1 Å². The van der Waals surface area contributed by atoms with E-state index in [1.807, 2.05) is 13.1 Å². The van der Waals surface area contributed by atoms with E-state index in [-0.39, 0.29) is 0 Å². The first-order chi connectivity index (χ1) is 8.61. The van der Waals surface area contributed by atoms with Crippen LogP contribution >= 0.6 is 0 Å². The van der Waals surface area contributed by atoms with E-state index in [2.05, 4.69) is 24.1 Å². The zero-order valence-electron chi connectivity index (χ0n) is 11.9. The molecule has 0 saturated heterocycles. The molecule has 0 aromatic carbocycles. The summed E-state index contributed by atoms with van der Waals surface area (Å²) in [7, 11) is 1.73. The summed E-state index contributed by atoms with van der Waals surface area (Å²) in [5.74, 6) is 1.84. The van der Waals surface area contributed by atoms with E-state index < -0.39 is 0 Å². The monoisotopic (exact) mass is 248 g/mol.